The van der Waals surface area contributed by atoms with Gasteiger partial charge in [0.25, 0.3) is 5.91 Å². The molecular formula is C27H31N5O. The van der Waals surface area contributed by atoms with Gasteiger partial charge in [-0.3, -0.25) is 9.69 Å². The van der Waals surface area contributed by atoms with Gasteiger partial charge in [-0.1, -0.05) is 54.1 Å². The molecule has 0 saturated carbocycles. The van der Waals surface area contributed by atoms with Gasteiger partial charge in [0, 0.05) is 57.6 Å². The van der Waals surface area contributed by atoms with Crippen molar-refractivity contribution in [2.24, 2.45) is 0 Å². The molecule has 2 aliphatic rings. The first-order valence-electron chi connectivity index (χ1n) is 11.9. The number of hydrogen-bond acceptors (Lipinski definition) is 5. The molecule has 33 heavy (non-hydrogen) atoms. The fourth-order valence-corrected chi connectivity index (χ4v) is 4.74. The zero-order valence-corrected chi connectivity index (χ0v) is 19.3. The second-order valence-electron chi connectivity index (χ2n) is 9.05. The van der Waals surface area contributed by atoms with Crippen molar-refractivity contribution in [1.82, 2.24) is 19.8 Å². The van der Waals surface area contributed by atoms with E-state index in [0.717, 1.165) is 70.0 Å². The van der Waals surface area contributed by atoms with Gasteiger partial charge in [0.15, 0.2) is 5.82 Å². The Morgan fingerprint density at radius 3 is 2.39 bits per heavy atom. The van der Waals surface area contributed by atoms with Gasteiger partial charge >= 0.3 is 0 Å². The van der Waals surface area contributed by atoms with E-state index in [-0.39, 0.29) is 5.91 Å². The van der Waals surface area contributed by atoms with Gasteiger partial charge in [-0.2, -0.15) is 0 Å². The SMILES string of the molecule is Cc1cccc(-c2ncc(C(=O)N3CCCC3)c(N3CCN(Cc4ccccc4)CC3)n2)c1. The van der Waals surface area contributed by atoms with Crippen LogP contribution in [0.3, 0.4) is 0 Å². The topological polar surface area (TPSA) is 52.6 Å². The number of likely N-dealkylation sites (tertiary alicyclic amines) is 1. The van der Waals surface area contributed by atoms with Crippen molar-refractivity contribution in [2.75, 3.05) is 44.2 Å². The van der Waals surface area contributed by atoms with Crippen molar-refractivity contribution in [3.63, 3.8) is 0 Å². The third-order valence-electron chi connectivity index (χ3n) is 6.59. The Bertz CT molecular complexity index is 1100. The predicted molar refractivity (Wildman–Crippen MR) is 131 cm³/mol. The van der Waals surface area contributed by atoms with Crippen LogP contribution in [0.1, 0.15) is 34.3 Å². The summed E-state index contributed by atoms with van der Waals surface area (Å²) < 4.78 is 0. The third kappa shape index (κ3) is 4.91. The fourth-order valence-electron chi connectivity index (χ4n) is 4.74. The molecule has 2 fully saturated rings. The monoisotopic (exact) mass is 441 g/mol. The van der Waals surface area contributed by atoms with E-state index in [0.29, 0.717) is 11.4 Å². The van der Waals surface area contributed by atoms with E-state index in [4.69, 9.17) is 4.98 Å². The van der Waals surface area contributed by atoms with Crippen LogP contribution >= 0.6 is 0 Å². The first-order valence-corrected chi connectivity index (χ1v) is 11.9. The van der Waals surface area contributed by atoms with Gasteiger partial charge in [0.05, 0.1) is 0 Å². The summed E-state index contributed by atoms with van der Waals surface area (Å²) in [7, 11) is 0. The summed E-state index contributed by atoms with van der Waals surface area (Å²) >= 11 is 0. The first kappa shape index (κ1) is 21.6. The number of anilines is 1. The van der Waals surface area contributed by atoms with E-state index < -0.39 is 0 Å². The number of nitrogens with zero attached hydrogens (tertiary/aromatic N) is 5. The van der Waals surface area contributed by atoms with Crippen molar-refractivity contribution in [2.45, 2.75) is 26.3 Å². The molecule has 1 amide bonds. The average Bonchev–Trinajstić information content (AvgIpc) is 3.40. The molecule has 2 aliphatic heterocycles. The molecule has 0 aliphatic carbocycles. The molecular weight excluding hydrogens is 410 g/mol. The number of carbonyl (C=O) groups excluding carboxylic acids is 1. The van der Waals surface area contributed by atoms with E-state index >= 15 is 0 Å². The zero-order valence-electron chi connectivity index (χ0n) is 19.3. The Hall–Kier alpha value is -3.25. The molecule has 2 saturated heterocycles. The number of hydrogen-bond donors (Lipinski definition) is 0. The minimum Gasteiger partial charge on any atom is -0.353 e. The lowest BCUT2D eigenvalue weighted by Gasteiger charge is -2.36. The van der Waals surface area contributed by atoms with Gasteiger partial charge in [-0.25, -0.2) is 9.97 Å². The van der Waals surface area contributed by atoms with Crippen LogP contribution in [0.4, 0.5) is 5.82 Å². The summed E-state index contributed by atoms with van der Waals surface area (Å²) in [5.41, 5.74) is 4.12. The lowest BCUT2D eigenvalue weighted by atomic mass is 10.1. The number of amides is 1. The van der Waals surface area contributed by atoms with E-state index in [1.165, 1.54) is 11.1 Å². The van der Waals surface area contributed by atoms with Gasteiger partial charge in [-0.05, 0) is 31.4 Å². The summed E-state index contributed by atoms with van der Waals surface area (Å²) in [6.45, 7) is 8.24. The second-order valence-corrected chi connectivity index (χ2v) is 9.05. The Morgan fingerprint density at radius 1 is 0.909 bits per heavy atom. The molecule has 0 N–H and O–H groups in total. The van der Waals surface area contributed by atoms with Crippen LogP contribution in [0, 0.1) is 6.92 Å². The van der Waals surface area contributed by atoms with Gasteiger partial charge in [-0.15, -0.1) is 0 Å². The van der Waals surface area contributed by atoms with Crippen molar-refractivity contribution in [1.29, 1.82) is 0 Å². The van der Waals surface area contributed by atoms with E-state index in [1.807, 2.05) is 17.0 Å². The standard InChI is InChI=1S/C27H31N5O/c1-21-8-7-11-23(18-21)25-28-19-24(27(33)32-12-5-6-13-32)26(29-25)31-16-14-30(15-17-31)20-22-9-3-2-4-10-22/h2-4,7-11,18-19H,5-6,12-17,20H2,1H3. The van der Waals surface area contributed by atoms with Gasteiger partial charge in [0.2, 0.25) is 0 Å². The summed E-state index contributed by atoms with van der Waals surface area (Å²) in [4.78, 5) is 29.6. The van der Waals surface area contributed by atoms with Crippen LogP contribution in [-0.4, -0.2) is 64.9 Å². The van der Waals surface area contributed by atoms with Crippen molar-refractivity contribution in [3.05, 3.63) is 77.5 Å². The van der Waals surface area contributed by atoms with E-state index in [1.54, 1.807) is 6.20 Å². The number of piperazine rings is 1. The molecule has 0 unspecified atom stereocenters. The number of rotatable bonds is 5. The molecule has 2 aromatic carbocycles. The maximum Gasteiger partial charge on any atom is 0.259 e. The highest BCUT2D eigenvalue weighted by Crippen LogP contribution is 2.26. The second kappa shape index (κ2) is 9.71. The highest BCUT2D eigenvalue weighted by molar-refractivity contribution is 5.99. The van der Waals surface area contributed by atoms with Gasteiger partial charge in [0.1, 0.15) is 11.4 Å². The summed E-state index contributed by atoms with van der Waals surface area (Å²) in [6, 6.07) is 18.8. The molecule has 1 aromatic heterocycles. The average molecular weight is 442 g/mol. The van der Waals surface area contributed by atoms with E-state index in [2.05, 4.69) is 64.2 Å². The molecule has 0 spiro atoms. The molecule has 170 valence electrons. The predicted octanol–water partition coefficient (Wildman–Crippen LogP) is 4.01. The Morgan fingerprint density at radius 2 is 1.67 bits per heavy atom. The highest BCUT2D eigenvalue weighted by Gasteiger charge is 2.28. The van der Waals surface area contributed by atoms with Crippen LogP contribution in [-0.2, 0) is 6.54 Å². The lowest BCUT2D eigenvalue weighted by molar-refractivity contribution is 0.0792. The quantitative estimate of drug-likeness (QED) is 0.599. The summed E-state index contributed by atoms with van der Waals surface area (Å²) in [5, 5.41) is 0. The highest BCUT2D eigenvalue weighted by atomic mass is 16.2. The fraction of sp³-hybridized carbons (Fsp3) is 0.370. The first-order chi connectivity index (χ1) is 16.2. The lowest BCUT2D eigenvalue weighted by Crippen LogP contribution is -2.47. The molecule has 0 radical (unpaired) electrons. The Kier molecular flexibility index (Phi) is 6.35. The molecule has 0 atom stereocenters. The largest absolute Gasteiger partial charge is 0.353 e. The maximum atomic E-state index is 13.3. The normalized spacial score (nSPS) is 16.9. The van der Waals surface area contributed by atoms with Crippen LogP contribution in [0.2, 0.25) is 0 Å². The van der Waals surface area contributed by atoms with Crippen molar-refractivity contribution in [3.8, 4) is 11.4 Å². The molecule has 3 heterocycles. The molecule has 3 aromatic rings. The molecule has 0 bridgehead atoms. The minimum atomic E-state index is 0.0602. The summed E-state index contributed by atoms with van der Waals surface area (Å²) in [5.74, 6) is 1.51. The van der Waals surface area contributed by atoms with Crippen LogP contribution in [0.15, 0.2) is 60.8 Å². The maximum absolute atomic E-state index is 13.3. The Balaban J connectivity index is 1.40. The molecule has 5 rings (SSSR count). The van der Waals surface area contributed by atoms with Crippen LogP contribution in [0.5, 0.6) is 0 Å². The molecule has 6 heteroatoms. The summed E-state index contributed by atoms with van der Waals surface area (Å²) in [6.07, 6.45) is 3.89. The number of carbonyl (C=O) groups is 1. The van der Waals surface area contributed by atoms with Crippen molar-refractivity contribution >= 4 is 11.7 Å². The van der Waals surface area contributed by atoms with Gasteiger partial charge < -0.3 is 9.80 Å². The van der Waals surface area contributed by atoms with E-state index in [9.17, 15) is 4.79 Å². The number of benzene rings is 2. The number of aryl methyl sites for hydroxylation is 1. The van der Waals surface area contributed by atoms with Crippen LogP contribution < -0.4 is 4.90 Å². The van der Waals surface area contributed by atoms with Crippen molar-refractivity contribution < 1.29 is 4.79 Å². The van der Waals surface area contributed by atoms with Crippen LogP contribution in [0.25, 0.3) is 11.4 Å². The third-order valence-corrected chi connectivity index (χ3v) is 6.59. The number of aromatic nitrogens is 2. The smallest absolute Gasteiger partial charge is 0.259 e. The zero-order chi connectivity index (χ0) is 22.6. The molecule has 6 nitrogen and oxygen atoms in total. The minimum absolute atomic E-state index is 0.0602. The Labute approximate surface area is 195 Å².